The number of rotatable bonds is 12. The summed E-state index contributed by atoms with van der Waals surface area (Å²) < 4.78 is 0. The monoisotopic (exact) mass is 259 g/mol. The molecule has 0 aromatic rings. The van der Waals surface area contributed by atoms with Gasteiger partial charge in [-0.1, -0.05) is 59.3 Å². The fourth-order valence-corrected chi connectivity index (χ4v) is 6.20. The van der Waals surface area contributed by atoms with Crippen molar-refractivity contribution in [1.29, 1.82) is 0 Å². The fourth-order valence-electron chi connectivity index (χ4n) is 2.57. The van der Waals surface area contributed by atoms with Crippen LogP contribution in [0, 0.1) is 0 Å². The first-order chi connectivity index (χ1) is 8.18. The molecular weight excluding hydrogens is 223 g/mol. The lowest BCUT2D eigenvalue weighted by atomic mass is 10.3. The van der Waals surface area contributed by atoms with Gasteiger partial charge in [0, 0.05) is 13.9 Å². The maximum atomic E-state index is 2.66. The Morgan fingerprint density at radius 2 is 0.824 bits per heavy atom. The topological polar surface area (TPSA) is 0 Å². The van der Waals surface area contributed by atoms with Gasteiger partial charge in [-0.2, -0.15) is 0 Å². The largest absolute Gasteiger partial charge is 0.0654 e. The van der Waals surface area contributed by atoms with Gasteiger partial charge < -0.3 is 0 Å². The second-order valence-electron chi connectivity index (χ2n) is 5.91. The van der Waals surface area contributed by atoms with Crippen molar-refractivity contribution in [3.63, 3.8) is 0 Å². The summed E-state index contributed by atoms with van der Waals surface area (Å²) in [5.74, 6) is 0. The van der Waals surface area contributed by atoms with Gasteiger partial charge in [0.1, 0.15) is 0 Å². The Labute approximate surface area is 111 Å². The lowest BCUT2D eigenvalue weighted by Gasteiger charge is -2.23. The van der Waals surface area contributed by atoms with Crippen molar-refractivity contribution in [1.82, 2.24) is 0 Å². The van der Waals surface area contributed by atoms with Crippen molar-refractivity contribution in [3.05, 3.63) is 0 Å². The van der Waals surface area contributed by atoms with Crippen molar-refractivity contribution >= 4 is 7.26 Å². The molecule has 0 heterocycles. The van der Waals surface area contributed by atoms with Crippen molar-refractivity contribution in [3.8, 4) is 0 Å². The van der Waals surface area contributed by atoms with Crippen molar-refractivity contribution in [2.24, 2.45) is 0 Å². The molecule has 0 amide bonds. The van der Waals surface area contributed by atoms with E-state index in [1.54, 1.807) is 18.5 Å². The van der Waals surface area contributed by atoms with Crippen LogP contribution in [-0.4, -0.2) is 25.2 Å². The van der Waals surface area contributed by atoms with Crippen LogP contribution >= 0.6 is 7.26 Å². The molecule has 0 aromatic heterocycles. The summed E-state index contributed by atoms with van der Waals surface area (Å²) in [6.45, 7) is 9.63. The summed E-state index contributed by atoms with van der Waals surface area (Å²) in [4.78, 5) is 0. The molecule has 17 heavy (non-hydrogen) atoms. The standard InChI is InChI=1S/C16H36P/c1-5-8-11-14-17(4,15-12-9-6-2)16-13-10-7-3/h5-16H2,1-4H3/q+1. The minimum Gasteiger partial charge on any atom is -0.0654 e. The summed E-state index contributed by atoms with van der Waals surface area (Å²) in [5, 5.41) is 0. The Morgan fingerprint density at radius 1 is 0.529 bits per heavy atom. The summed E-state index contributed by atoms with van der Waals surface area (Å²) in [6, 6.07) is 0. The number of hydrogen-bond acceptors (Lipinski definition) is 0. The van der Waals surface area contributed by atoms with Gasteiger partial charge in [-0.05, 0) is 19.3 Å². The average molecular weight is 259 g/mol. The van der Waals surface area contributed by atoms with E-state index in [1.165, 1.54) is 57.8 Å². The van der Waals surface area contributed by atoms with E-state index in [2.05, 4.69) is 27.4 Å². The minimum atomic E-state index is -0.558. The highest BCUT2D eigenvalue weighted by atomic mass is 31.2. The van der Waals surface area contributed by atoms with Crippen molar-refractivity contribution in [2.75, 3.05) is 25.2 Å². The van der Waals surface area contributed by atoms with E-state index in [0.29, 0.717) is 0 Å². The Morgan fingerprint density at radius 3 is 1.06 bits per heavy atom. The van der Waals surface area contributed by atoms with Crippen molar-refractivity contribution < 1.29 is 0 Å². The predicted molar refractivity (Wildman–Crippen MR) is 86.0 cm³/mol. The molecule has 0 saturated carbocycles. The van der Waals surface area contributed by atoms with E-state index in [1.807, 2.05) is 0 Å². The van der Waals surface area contributed by atoms with Crippen LogP contribution in [0.25, 0.3) is 0 Å². The molecular formula is C16H36P+. The van der Waals surface area contributed by atoms with Gasteiger partial charge >= 0.3 is 0 Å². The van der Waals surface area contributed by atoms with Gasteiger partial charge in [-0.25, -0.2) is 0 Å². The Balaban J connectivity index is 3.95. The van der Waals surface area contributed by atoms with E-state index in [4.69, 9.17) is 0 Å². The third-order valence-corrected chi connectivity index (χ3v) is 8.09. The van der Waals surface area contributed by atoms with Crippen LogP contribution in [0.5, 0.6) is 0 Å². The van der Waals surface area contributed by atoms with Crippen LogP contribution in [0.4, 0.5) is 0 Å². The first kappa shape index (κ1) is 17.4. The molecule has 0 aliphatic heterocycles. The normalized spacial score (nSPS) is 12.0. The number of hydrogen-bond donors (Lipinski definition) is 0. The molecule has 0 spiro atoms. The Kier molecular flexibility index (Phi) is 11.8. The maximum Gasteiger partial charge on any atom is 0.0591 e. The first-order valence-corrected chi connectivity index (χ1v) is 10.8. The zero-order chi connectivity index (χ0) is 13.0. The minimum absolute atomic E-state index is 0.558. The van der Waals surface area contributed by atoms with Crippen molar-refractivity contribution in [2.45, 2.75) is 78.6 Å². The molecule has 1 heteroatoms. The SMILES string of the molecule is CCCCC[P+](C)(CCCCC)CCCCC. The first-order valence-electron chi connectivity index (χ1n) is 8.02. The molecule has 0 aromatic carbocycles. The molecule has 0 bridgehead atoms. The Bertz CT molecular complexity index is 127. The van der Waals surface area contributed by atoms with Crippen LogP contribution in [0.1, 0.15) is 78.6 Å². The van der Waals surface area contributed by atoms with Gasteiger partial charge in [0.25, 0.3) is 0 Å². The van der Waals surface area contributed by atoms with E-state index >= 15 is 0 Å². The number of unbranched alkanes of at least 4 members (excludes halogenated alkanes) is 6. The van der Waals surface area contributed by atoms with Crippen LogP contribution in [-0.2, 0) is 0 Å². The summed E-state index contributed by atoms with van der Waals surface area (Å²) >= 11 is 0. The third kappa shape index (κ3) is 10.1. The fraction of sp³-hybridized carbons (Fsp3) is 1.00. The summed E-state index contributed by atoms with van der Waals surface area (Å²) in [7, 11) is -0.558. The van der Waals surface area contributed by atoms with Crippen LogP contribution in [0.2, 0.25) is 0 Å². The van der Waals surface area contributed by atoms with Crippen LogP contribution in [0.15, 0.2) is 0 Å². The third-order valence-electron chi connectivity index (χ3n) is 3.90. The van der Waals surface area contributed by atoms with Gasteiger partial charge in [-0.15, -0.1) is 0 Å². The van der Waals surface area contributed by atoms with E-state index in [0.717, 1.165) is 0 Å². The summed E-state index contributed by atoms with van der Waals surface area (Å²) in [6.07, 6.45) is 17.7. The lowest BCUT2D eigenvalue weighted by Crippen LogP contribution is -2.07. The van der Waals surface area contributed by atoms with Gasteiger partial charge in [0.15, 0.2) is 0 Å². The zero-order valence-corrected chi connectivity index (χ0v) is 13.8. The highest BCUT2D eigenvalue weighted by Crippen LogP contribution is 2.57. The maximum absolute atomic E-state index is 2.66. The quantitative estimate of drug-likeness (QED) is 0.289. The Hall–Kier alpha value is 0.430. The molecule has 0 saturated heterocycles. The van der Waals surface area contributed by atoms with Crippen LogP contribution < -0.4 is 0 Å². The molecule has 0 nitrogen and oxygen atoms in total. The van der Waals surface area contributed by atoms with E-state index in [9.17, 15) is 0 Å². The smallest absolute Gasteiger partial charge is 0.0591 e. The lowest BCUT2D eigenvalue weighted by molar-refractivity contribution is 0.744. The van der Waals surface area contributed by atoms with Gasteiger partial charge in [0.2, 0.25) is 0 Å². The second-order valence-corrected chi connectivity index (χ2v) is 10.5. The molecule has 0 aliphatic carbocycles. The molecule has 104 valence electrons. The van der Waals surface area contributed by atoms with Gasteiger partial charge in [-0.3, -0.25) is 0 Å². The molecule has 0 fully saturated rings. The molecule has 0 aliphatic rings. The molecule has 0 unspecified atom stereocenters. The molecule has 0 radical (unpaired) electrons. The highest BCUT2D eigenvalue weighted by Gasteiger charge is 2.29. The molecule has 0 rings (SSSR count). The average Bonchev–Trinajstić information content (AvgIpc) is 2.30. The second kappa shape index (κ2) is 11.5. The molecule has 0 N–H and O–H groups in total. The van der Waals surface area contributed by atoms with Gasteiger partial charge in [0.05, 0.1) is 18.5 Å². The van der Waals surface area contributed by atoms with E-state index in [-0.39, 0.29) is 0 Å². The van der Waals surface area contributed by atoms with Crippen LogP contribution in [0.3, 0.4) is 0 Å². The zero-order valence-electron chi connectivity index (χ0n) is 12.9. The molecule has 0 atom stereocenters. The van der Waals surface area contributed by atoms with E-state index < -0.39 is 7.26 Å². The highest BCUT2D eigenvalue weighted by molar-refractivity contribution is 7.75. The summed E-state index contributed by atoms with van der Waals surface area (Å²) in [5.41, 5.74) is 0. The predicted octanol–water partition coefficient (Wildman–Crippen LogP) is 6.20.